The van der Waals surface area contributed by atoms with E-state index in [4.69, 9.17) is 10.8 Å². The molecule has 2 atom stereocenters. The predicted octanol–water partition coefficient (Wildman–Crippen LogP) is 2.71. The van der Waals surface area contributed by atoms with Crippen molar-refractivity contribution in [2.75, 3.05) is 11.9 Å². The number of carbonyl (C=O) groups excluding carboxylic acids is 2. The minimum atomic E-state index is -0.547. The topological polar surface area (TPSA) is 113 Å². The zero-order chi connectivity index (χ0) is 25.3. The van der Waals surface area contributed by atoms with Crippen molar-refractivity contribution >= 4 is 29.7 Å². The Morgan fingerprint density at radius 2 is 2.14 bits per heavy atom. The summed E-state index contributed by atoms with van der Waals surface area (Å²) >= 11 is 0. The van der Waals surface area contributed by atoms with Crippen LogP contribution in [0.2, 0.25) is 0 Å². The van der Waals surface area contributed by atoms with Crippen LogP contribution in [0.15, 0.2) is 76.4 Å². The fourth-order valence-corrected chi connectivity index (χ4v) is 4.62. The molecule has 3 aliphatic rings. The molecule has 0 spiro atoms. The monoisotopic (exact) mass is 484 g/mol. The molecule has 1 aromatic carbocycles. The highest BCUT2D eigenvalue weighted by Gasteiger charge is 2.49. The van der Waals surface area contributed by atoms with Gasteiger partial charge in [-0.3, -0.25) is 14.6 Å². The molecule has 2 aromatic rings. The number of benzene rings is 1. The second-order valence-electron chi connectivity index (χ2n) is 8.45. The Kier molecular flexibility index (Phi) is 6.01. The predicted molar refractivity (Wildman–Crippen MR) is 132 cm³/mol. The molecule has 3 N–H and O–H groups in total. The molecule has 4 heterocycles. The Hall–Kier alpha value is -4.46. The van der Waals surface area contributed by atoms with Gasteiger partial charge in [-0.25, -0.2) is 9.37 Å². The van der Waals surface area contributed by atoms with Crippen molar-refractivity contribution in [2.24, 2.45) is 15.8 Å². The van der Waals surface area contributed by atoms with E-state index in [0.29, 0.717) is 30.2 Å². The Balaban J connectivity index is 1.60. The lowest BCUT2D eigenvalue weighted by Crippen LogP contribution is -2.53. The molecule has 0 bridgehead atoms. The van der Waals surface area contributed by atoms with Crippen LogP contribution in [0.25, 0.3) is 0 Å². The Bertz CT molecular complexity index is 1440. The van der Waals surface area contributed by atoms with Crippen LogP contribution in [0.3, 0.4) is 0 Å². The van der Waals surface area contributed by atoms with E-state index >= 15 is 0 Å². The molecule has 5 rings (SSSR count). The maximum Gasteiger partial charge on any atom is 0.299 e. The second-order valence-corrected chi connectivity index (χ2v) is 8.45. The number of carbonyl (C=O) groups is 2. The number of fused-ring (bicyclic) bond motifs is 1. The number of amidine groups is 1. The van der Waals surface area contributed by atoms with E-state index in [2.05, 4.69) is 27.1 Å². The molecule has 3 aliphatic heterocycles. The zero-order valence-corrected chi connectivity index (χ0v) is 19.5. The molecular weight excluding hydrogens is 461 g/mol. The Labute approximate surface area is 207 Å². The van der Waals surface area contributed by atoms with Gasteiger partial charge in [0, 0.05) is 12.7 Å². The molecule has 180 valence electrons. The minimum absolute atomic E-state index is 0.177. The van der Waals surface area contributed by atoms with Gasteiger partial charge in [0.1, 0.15) is 23.5 Å². The largest absolute Gasteiger partial charge is 0.323 e. The van der Waals surface area contributed by atoms with Crippen LogP contribution in [0.5, 0.6) is 0 Å². The number of nitrogens with zero attached hydrogens (tertiary/aromatic N) is 5. The lowest BCUT2D eigenvalue weighted by atomic mass is 10.0. The van der Waals surface area contributed by atoms with Crippen molar-refractivity contribution in [2.45, 2.75) is 25.8 Å². The molecule has 0 radical (unpaired) electrons. The molecular formula is C26H23FN7O2+. The number of nitrogens with one attached hydrogen (secondary N) is 1. The third kappa shape index (κ3) is 4.00. The van der Waals surface area contributed by atoms with Gasteiger partial charge < -0.3 is 10.2 Å². The number of aromatic nitrogens is 1. The summed E-state index contributed by atoms with van der Waals surface area (Å²) in [4.78, 5) is 40.7. The van der Waals surface area contributed by atoms with Gasteiger partial charge in [0.05, 0.1) is 29.6 Å². The first-order valence-corrected chi connectivity index (χ1v) is 11.4. The lowest BCUT2D eigenvalue weighted by molar-refractivity contribution is -0.750. The van der Waals surface area contributed by atoms with Gasteiger partial charge >= 0.3 is 0 Å². The summed E-state index contributed by atoms with van der Waals surface area (Å²) in [5, 5.41) is 2.73. The summed E-state index contributed by atoms with van der Waals surface area (Å²) < 4.78 is 14.1. The van der Waals surface area contributed by atoms with E-state index in [1.165, 1.54) is 24.4 Å². The quantitative estimate of drug-likeness (QED) is 0.395. The van der Waals surface area contributed by atoms with Crippen molar-refractivity contribution in [1.29, 1.82) is 0 Å². The average Bonchev–Trinajstić information content (AvgIpc) is 3.47. The van der Waals surface area contributed by atoms with Gasteiger partial charge in [-0.1, -0.05) is 12.0 Å². The molecule has 0 aliphatic carbocycles. The van der Waals surface area contributed by atoms with Gasteiger partial charge in [0.15, 0.2) is 0 Å². The van der Waals surface area contributed by atoms with E-state index < -0.39 is 16.3 Å². The first-order valence-electron chi connectivity index (χ1n) is 11.4. The maximum absolute atomic E-state index is 14.5. The molecule has 36 heavy (non-hydrogen) atoms. The van der Waals surface area contributed by atoms with Crippen molar-refractivity contribution < 1.29 is 18.6 Å². The first-order chi connectivity index (χ1) is 17.4. The number of rotatable bonds is 4. The van der Waals surface area contributed by atoms with Crippen LogP contribution in [-0.2, 0) is 4.79 Å². The van der Waals surface area contributed by atoms with Gasteiger partial charge in [0.25, 0.3) is 17.6 Å². The SMILES string of the molecule is CC#CC(=O)N1CCCC1C1=C2C=NC=C[N+]2(N)C(c2cc(F)ccc2C(=O)Nc2ccccn2)=N1. The molecule has 2 amide bonds. The summed E-state index contributed by atoms with van der Waals surface area (Å²) in [6.45, 7) is 2.15. The van der Waals surface area contributed by atoms with Crippen LogP contribution in [0.4, 0.5) is 10.2 Å². The van der Waals surface area contributed by atoms with E-state index in [1.807, 2.05) is 0 Å². The third-order valence-corrected chi connectivity index (χ3v) is 6.26. The number of aliphatic imine (C=N–C) groups is 2. The third-order valence-electron chi connectivity index (χ3n) is 6.26. The van der Waals surface area contributed by atoms with Gasteiger partial charge in [0.2, 0.25) is 5.70 Å². The molecule has 2 unspecified atom stereocenters. The van der Waals surface area contributed by atoms with Crippen LogP contribution in [-0.4, -0.2) is 50.9 Å². The van der Waals surface area contributed by atoms with Crippen LogP contribution < -0.4 is 11.2 Å². The van der Waals surface area contributed by atoms with Gasteiger partial charge in [-0.05, 0) is 56.0 Å². The Morgan fingerprint density at radius 1 is 1.28 bits per heavy atom. The molecule has 9 nitrogen and oxygen atoms in total. The van der Waals surface area contributed by atoms with Gasteiger partial charge in [-0.2, -0.15) is 10.8 Å². The van der Waals surface area contributed by atoms with Crippen molar-refractivity contribution in [3.05, 3.63) is 83.3 Å². The number of allylic oxidation sites excluding steroid dienone is 1. The van der Waals surface area contributed by atoms with Crippen molar-refractivity contribution in [3.63, 3.8) is 0 Å². The van der Waals surface area contributed by atoms with Crippen molar-refractivity contribution in [3.8, 4) is 11.8 Å². The van der Waals surface area contributed by atoms with Crippen molar-refractivity contribution in [1.82, 2.24) is 9.88 Å². The highest BCUT2D eigenvalue weighted by Crippen LogP contribution is 2.37. The average molecular weight is 485 g/mol. The number of likely N-dealkylation sites (tertiary alicyclic amines) is 1. The number of pyridine rings is 1. The molecule has 10 heteroatoms. The van der Waals surface area contributed by atoms with Crippen LogP contribution in [0.1, 0.15) is 35.7 Å². The fourth-order valence-electron chi connectivity index (χ4n) is 4.62. The van der Waals surface area contributed by atoms with E-state index in [-0.39, 0.29) is 28.9 Å². The number of hydrogen-bond donors (Lipinski definition) is 2. The summed E-state index contributed by atoms with van der Waals surface area (Å²) in [5.74, 6) is 11.3. The molecule has 1 aromatic heterocycles. The summed E-state index contributed by atoms with van der Waals surface area (Å²) in [6, 6.07) is 8.58. The van der Waals surface area contributed by atoms with E-state index in [1.54, 1.807) is 48.6 Å². The number of anilines is 1. The summed E-state index contributed by atoms with van der Waals surface area (Å²) in [5.41, 5.74) is 1.49. The van der Waals surface area contributed by atoms with E-state index in [9.17, 15) is 14.0 Å². The summed E-state index contributed by atoms with van der Waals surface area (Å²) in [6.07, 6.45) is 7.72. The summed E-state index contributed by atoms with van der Waals surface area (Å²) in [7, 11) is 0. The normalized spacial score (nSPS) is 22.1. The smallest absolute Gasteiger partial charge is 0.299 e. The second kappa shape index (κ2) is 9.30. The van der Waals surface area contributed by atoms with Gasteiger partial charge in [-0.15, -0.1) is 4.59 Å². The fraction of sp³-hybridized carbons (Fsp3) is 0.192. The molecule has 0 saturated carbocycles. The van der Waals surface area contributed by atoms with Crippen LogP contribution in [0, 0.1) is 17.7 Å². The molecule has 1 saturated heterocycles. The zero-order valence-electron chi connectivity index (χ0n) is 19.5. The number of amides is 2. The first kappa shape index (κ1) is 23.3. The minimum Gasteiger partial charge on any atom is -0.323 e. The standard InChI is InChI=1S/C26H22FN7O2/c1-2-6-23(35)33-13-5-7-20(33)24-21-16-29-12-14-34(21,28)25(32-24)19-15-17(27)9-10-18(19)26(36)31-22-8-3-4-11-30-22/h3-4,8-12,14-16,20H,5,7,13,28H2,1H3/p+1. The number of quaternary nitrogens is 1. The number of hydrogen-bond acceptors (Lipinski definition) is 6. The highest BCUT2D eigenvalue weighted by atomic mass is 19.1. The highest BCUT2D eigenvalue weighted by molar-refractivity contribution is 6.13. The number of nitrogens with two attached hydrogens (primary N) is 1. The Morgan fingerprint density at radius 3 is 2.92 bits per heavy atom. The molecule has 1 fully saturated rings. The van der Waals surface area contributed by atoms with E-state index in [0.717, 1.165) is 6.42 Å². The van der Waals surface area contributed by atoms with Crippen LogP contribution >= 0.6 is 0 Å². The number of halogens is 1. The lowest BCUT2D eigenvalue weighted by Gasteiger charge is -2.28. The maximum atomic E-state index is 14.5.